The summed E-state index contributed by atoms with van der Waals surface area (Å²) in [6, 6.07) is -0.909. The average molecular weight is 1150 g/mol. The van der Waals surface area contributed by atoms with Gasteiger partial charge in [0, 0.05) is 6.42 Å². The number of allylic oxidation sites excluding steroid dienone is 18. The second kappa shape index (κ2) is 44.0. The lowest BCUT2D eigenvalue weighted by Crippen LogP contribution is -2.66. The molecule has 3 aliphatic rings. The molecule has 0 saturated carbocycles. The van der Waals surface area contributed by atoms with Gasteiger partial charge in [-0.2, -0.15) is 0 Å². The number of carbonyl (C=O) groups is 1. The lowest BCUT2D eigenvalue weighted by molar-refractivity contribution is -0.379. The van der Waals surface area contributed by atoms with Crippen LogP contribution < -0.4 is 5.32 Å². The minimum absolute atomic E-state index is 0.216. The van der Waals surface area contributed by atoms with Gasteiger partial charge < -0.3 is 89.9 Å². The van der Waals surface area contributed by atoms with E-state index in [0.29, 0.717) is 19.3 Å². The first-order valence-corrected chi connectivity index (χ1v) is 29.6. The first kappa shape index (κ1) is 71.7. The van der Waals surface area contributed by atoms with E-state index in [1.807, 2.05) is 0 Å². The molecular formula is C62H101NO18. The topological polar surface area (TPSA) is 307 Å². The standard InChI is InChI=1S/C62H101NO18/c1-3-5-7-9-10-11-12-13-14-15-16-17-18-19-20-21-22-23-24-25-26-27-28-29-30-31-32-33-34-36-38-40-50(68)63-45(46(67)39-37-35-8-6-4-2)44-76-60-56(74)53(71)58(48(42-65)78-60)81-62-57(75)54(72)59(49(43-66)79-62)80-61-55(73)52(70)51(69)47(41-64)77-61/h5,7,10-11,13-14,16-17,19-20,22-23,25-26,28-29,31-32,45-49,51-62,64-67,69-75H,3-4,6,8-9,12,15,18,21,24,27,30,33-44H2,1-2H3,(H,63,68)/b7-5-,11-10-,14-13-,17-16-,20-19-,23-22-,26-25-,29-28-,32-31-. The molecule has 3 saturated heterocycles. The summed E-state index contributed by atoms with van der Waals surface area (Å²) in [6.07, 6.45) is 29.7. The van der Waals surface area contributed by atoms with Gasteiger partial charge in [0.2, 0.25) is 5.91 Å². The Morgan fingerprint density at radius 1 is 0.457 bits per heavy atom. The molecule has 3 aliphatic heterocycles. The van der Waals surface area contributed by atoms with Crippen LogP contribution in [0.15, 0.2) is 109 Å². The zero-order valence-corrected chi connectivity index (χ0v) is 48.0. The fraction of sp³-hybridized carbons (Fsp3) is 0.694. The van der Waals surface area contributed by atoms with Crippen LogP contribution in [-0.4, -0.2) is 193 Å². The van der Waals surface area contributed by atoms with Gasteiger partial charge in [0.25, 0.3) is 0 Å². The van der Waals surface area contributed by atoms with Crippen molar-refractivity contribution >= 4 is 5.91 Å². The van der Waals surface area contributed by atoms with Gasteiger partial charge >= 0.3 is 0 Å². The Morgan fingerprint density at radius 2 is 0.852 bits per heavy atom. The number of carbonyl (C=O) groups excluding carboxylic acids is 1. The van der Waals surface area contributed by atoms with Crippen molar-refractivity contribution in [1.29, 1.82) is 0 Å². The minimum Gasteiger partial charge on any atom is -0.394 e. The van der Waals surface area contributed by atoms with Crippen molar-refractivity contribution in [2.75, 3.05) is 26.4 Å². The Kier molecular flexibility index (Phi) is 39.0. The summed E-state index contributed by atoms with van der Waals surface area (Å²) in [7, 11) is 0. The van der Waals surface area contributed by atoms with Crippen LogP contribution in [0, 0.1) is 0 Å². The lowest BCUT2D eigenvalue weighted by atomic mass is 9.96. The van der Waals surface area contributed by atoms with Gasteiger partial charge in [-0.05, 0) is 83.5 Å². The molecule has 0 radical (unpaired) electrons. The molecule has 0 aromatic rings. The Bertz CT molecular complexity index is 1900. The van der Waals surface area contributed by atoms with E-state index >= 15 is 0 Å². The average Bonchev–Trinajstić information content (AvgIpc) is 3.48. The van der Waals surface area contributed by atoms with E-state index in [2.05, 4.69) is 129 Å². The number of amides is 1. The number of hydrogen-bond donors (Lipinski definition) is 12. The maximum Gasteiger partial charge on any atom is 0.220 e. The van der Waals surface area contributed by atoms with Gasteiger partial charge in [0.05, 0.1) is 38.6 Å². The van der Waals surface area contributed by atoms with Crippen LogP contribution >= 0.6 is 0 Å². The van der Waals surface area contributed by atoms with E-state index in [9.17, 15) is 61.0 Å². The summed E-state index contributed by atoms with van der Waals surface area (Å²) in [4.78, 5) is 13.2. The molecule has 462 valence electrons. The number of aliphatic hydroxyl groups is 11. The van der Waals surface area contributed by atoms with E-state index in [-0.39, 0.29) is 18.9 Å². The molecule has 81 heavy (non-hydrogen) atoms. The molecule has 0 aromatic carbocycles. The molecule has 0 aliphatic carbocycles. The maximum atomic E-state index is 13.2. The third-order valence-corrected chi connectivity index (χ3v) is 14.1. The van der Waals surface area contributed by atoms with Gasteiger partial charge in [0.15, 0.2) is 18.9 Å². The van der Waals surface area contributed by atoms with Crippen LogP contribution in [0.4, 0.5) is 0 Å². The highest BCUT2D eigenvalue weighted by atomic mass is 16.8. The summed E-state index contributed by atoms with van der Waals surface area (Å²) >= 11 is 0. The van der Waals surface area contributed by atoms with Gasteiger partial charge in [-0.15, -0.1) is 0 Å². The van der Waals surface area contributed by atoms with Crippen LogP contribution in [0.3, 0.4) is 0 Å². The second-order valence-electron chi connectivity index (χ2n) is 20.7. The van der Waals surface area contributed by atoms with Crippen molar-refractivity contribution in [1.82, 2.24) is 5.32 Å². The highest BCUT2D eigenvalue weighted by Gasteiger charge is 2.53. The normalized spacial score (nSPS) is 30.6. The van der Waals surface area contributed by atoms with Crippen LogP contribution in [0.25, 0.3) is 0 Å². The summed E-state index contributed by atoms with van der Waals surface area (Å²) in [5.74, 6) is -0.289. The third-order valence-electron chi connectivity index (χ3n) is 14.1. The SMILES string of the molecule is CC/C=C\C/C=C\C/C=C\C/C=C\C/C=C\C/C=C\C/C=C\C/C=C\C/C=C\CCCCCC(=O)NC(COC1OC(CO)C(OC2OC(CO)C(OC3OC(CO)C(O)C(O)C3O)C(O)C2O)C(O)C1O)C(O)CCCCCCC. The first-order valence-electron chi connectivity index (χ1n) is 29.6. The van der Waals surface area contributed by atoms with Gasteiger partial charge in [0.1, 0.15) is 73.2 Å². The lowest BCUT2D eigenvalue weighted by Gasteiger charge is -2.48. The molecule has 19 nitrogen and oxygen atoms in total. The van der Waals surface area contributed by atoms with Crippen LogP contribution in [0.5, 0.6) is 0 Å². The Labute approximate surface area is 481 Å². The fourth-order valence-corrected chi connectivity index (χ4v) is 9.24. The fourth-order valence-electron chi connectivity index (χ4n) is 9.24. The second-order valence-corrected chi connectivity index (χ2v) is 20.7. The van der Waals surface area contributed by atoms with Crippen molar-refractivity contribution in [2.45, 2.75) is 247 Å². The molecule has 17 atom stereocenters. The van der Waals surface area contributed by atoms with E-state index in [0.717, 1.165) is 103 Å². The third kappa shape index (κ3) is 27.8. The van der Waals surface area contributed by atoms with Gasteiger partial charge in [-0.25, -0.2) is 0 Å². The van der Waals surface area contributed by atoms with Crippen LogP contribution in [0.2, 0.25) is 0 Å². The molecule has 3 fully saturated rings. The highest BCUT2D eigenvalue weighted by Crippen LogP contribution is 2.33. The van der Waals surface area contributed by atoms with E-state index in [4.69, 9.17) is 28.4 Å². The molecule has 0 bridgehead atoms. The first-order chi connectivity index (χ1) is 39.3. The zero-order chi connectivity index (χ0) is 59.0. The largest absolute Gasteiger partial charge is 0.394 e. The molecule has 19 heteroatoms. The predicted molar refractivity (Wildman–Crippen MR) is 309 cm³/mol. The Morgan fingerprint density at radius 3 is 1.31 bits per heavy atom. The minimum atomic E-state index is -1.98. The van der Waals surface area contributed by atoms with Crippen molar-refractivity contribution in [2.24, 2.45) is 0 Å². The monoisotopic (exact) mass is 1150 g/mol. The highest BCUT2D eigenvalue weighted by molar-refractivity contribution is 5.76. The van der Waals surface area contributed by atoms with Crippen molar-refractivity contribution in [3.05, 3.63) is 109 Å². The molecule has 17 unspecified atom stereocenters. The Balaban J connectivity index is 1.37. The molecule has 3 rings (SSSR count). The molecular weight excluding hydrogens is 1050 g/mol. The number of rotatable bonds is 41. The molecule has 0 aromatic heterocycles. The van der Waals surface area contributed by atoms with Gasteiger partial charge in [-0.1, -0.05) is 162 Å². The summed E-state index contributed by atoms with van der Waals surface area (Å²) < 4.78 is 34.1. The van der Waals surface area contributed by atoms with E-state index in [1.165, 1.54) is 0 Å². The van der Waals surface area contributed by atoms with Crippen molar-refractivity contribution < 1.29 is 89.4 Å². The Hall–Kier alpha value is -3.55. The van der Waals surface area contributed by atoms with Crippen molar-refractivity contribution in [3.8, 4) is 0 Å². The molecule has 0 spiro atoms. The van der Waals surface area contributed by atoms with Crippen molar-refractivity contribution in [3.63, 3.8) is 0 Å². The number of unbranched alkanes of at least 4 members (excludes halogenated alkanes) is 7. The zero-order valence-electron chi connectivity index (χ0n) is 48.0. The number of nitrogens with one attached hydrogen (secondary N) is 1. The molecule has 12 N–H and O–H groups in total. The smallest absolute Gasteiger partial charge is 0.220 e. The summed E-state index contributed by atoms with van der Waals surface area (Å²) in [5, 5.41) is 120. The summed E-state index contributed by atoms with van der Waals surface area (Å²) in [5.41, 5.74) is 0. The number of aliphatic hydroxyl groups excluding tert-OH is 11. The van der Waals surface area contributed by atoms with Crippen LogP contribution in [-0.2, 0) is 33.2 Å². The van der Waals surface area contributed by atoms with Crippen LogP contribution in [0.1, 0.15) is 142 Å². The van der Waals surface area contributed by atoms with E-state index < -0.39 is 124 Å². The van der Waals surface area contributed by atoms with Gasteiger partial charge in [-0.3, -0.25) is 4.79 Å². The molecule has 1 amide bonds. The maximum absolute atomic E-state index is 13.2. The number of hydrogen-bond acceptors (Lipinski definition) is 18. The number of ether oxygens (including phenoxy) is 6. The quantitative estimate of drug-likeness (QED) is 0.0278. The van der Waals surface area contributed by atoms with E-state index in [1.54, 1.807) is 0 Å². The predicted octanol–water partition coefficient (Wildman–Crippen LogP) is 5.14. The molecule has 3 heterocycles. The summed E-state index contributed by atoms with van der Waals surface area (Å²) in [6.45, 7) is 1.49.